The number of thiophene rings is 1. The molecule has 36 heavy (non-hydrogen) atoms. The molecule has 10 heteroatoms. The number of rotatable bonds is 9. The molecule has 0 aliphatic rings. The molecular formula is C26H27ClN4O4S. The molecule has 188 valence electrons. The van der Waals surface area contributed by atoms with Gasteiger partial charge in [-0.2, -0.15) is 0 Å². The van der Waals surface area contributed by atoms with Crippen molar-refractivity contribution < 1.29 is 14.6 Å². The highest BCUT2D eigenvalue weighted by Gasteiger charge is 2.18. The maximum absolute atomic E-state index is 13.1. The van der Waals surface area contributed by atoms with Gasteiger partial charge in [-0.1, -0.05) is 23.7 Å². The van der Waals surface area contributed by atoms with Crippen LogP contribution in [0.25, 0.3) is 10.2 Å². The Morgan fingerprint density at radius 3 is 2.69 bits per heavy atom. The Balaban J connectivity index is 1.46. The van der Waals surface area contributed by atoms with E-state index < -0.39 is 12.0 Å². The third kappa shape index (κ3) is 5.93. The Bertz CT molecular complexity index is 1420. The van der Waals surface area contributed by atoms with Gasteiger partial charge in [-0.25, -0.2) is 4.98 Å². The number of hydrogen-bond acceptors (Lipinski definition) is 7. The normalized spacial score (nSPS) is 12.2. The Kier molecular flexibility index (Phi) is 8.05. The van der Waals surface area contributed by atoms with Crippen LogP contribution in [0.5, 0.6) is 5.88 Å². The van der Waals surface area contributed by atoms with Gasteiger partial charge in [0.05, 0.1) is 23.4 Å². The first-order valence-electron chi connectivity index (χ1n) is 11.3. The number of carbonyl (C=O) groups excluding carboxylic acids is 1. The topological polar surface area (TPSA) is 96.7 Å². The molecule has 0 bridgehead atoms. The number of nitrogens with zero attached hydrogens (tertiary/aromatic N) is 3. The van der Waals surface area contributed by atoms with Crippen LogP contribution in [-0.4, -0.2) is 46.2 Å². The second-order valence-corrected chi connectivity index (χ2v) is 10.1. The lowest BCUT2D eigenvalue weighted by Crippen LogP contribution is -2.29. The number of likely N-dealkylation sites (N-methyl/N-ethyl adjacent to an activating group) is 1. The number of pyridine rings is 2. The van der Waals surface area contributed by atoms with Gasteiger partial charge < -0.3 is 19.7 Å². The molecule has 0 aliphatic heterocycles. The first-order chi connectivity index (χ1) is 17.2. The summed E-state index contributed by atoms with van der Waals surface area (Å²) >= 11 is 7.27. The van der Waals surface area contributed by atoms with Gasteiger partial charge in [0, 0.05) is 60.6 Å². The van der Waals surface area contributed by atoms with Crippen LogP contribution in [-0.2, 0) is 20.1 Å². The Morgan fingerprint density at radius 2 is 2.03 bits per heavy atom. The number of aryl methyl sites for hydroxylation is 1. The van der Waals surface area contributed by atoms with E-state index in [-0.39, 0.29) is 11.0 Å². The number of fused-ring (bicyclic) bond motifs is 1. The average Bonchev–Trinajstić information content (AvgIpc) is 3.30. The number of hydrogen-bond donors (Lipinski definition) is 2. The highest BCUT2D eigenvalue weighted by Crippen LogP contribution is 2.25. The van der Waals surface area contributed by atoms with E-state index in [4.69, 9.17) is 16.3 Å². The molecule has 1 aromatic carbocycles. The van der Waals surface area contributed by atoms with E-state index >= 15 is 0 Å². The number of nitrogens with one attached hydrogen (secondary N) is 1. The van der Waals surface area contributed by atoms with Gasteiger partial charge in [0.1, 0.15) is 5.56 Å². The second kappa shape index (κ2) is 11.2. The van der Waals surface area contributed by atoms with Crippen LogP contribution < -0.4 is 15.5 Å². The number of halogens is 1. The molecule has 3 aromatic heterocycles. The van der Waals surface area contributed by atoms with Crippen molar-refractivity contribution in [3.8, 4) is 5.88 Å². The lowest BCUT2D eigenvalue weighted by Gasteiger charge is -2.20. The molecule has 8 nitrogen and oxygen atoms in total. The van der Waals surface area contributed by atoms with Crippen LogP contribution in [0.3, 0.4) is 0 Å². The SMILES string of the molecule is COc1ccc(C(O)CN(C)Cc2cc3c(s2)c(=O)c(C(=O)NCc2ccc(Cl)cc2)cn3C)cn1. The maximum Gasteiger partial charge on any atom is 0.257 e. The van der Waals surface area contributed by atoms with E-state index in [1.165, 1.54) is 11.3 Å². The molecule has 3 heterocycles. The fourth-order valence-corrected chi connectivity index (χ4v) is 5.21. The van der Waals surface area contributed by atoms with Crippen LogP contribution >= 0.6 is 22.9 Å². The molecule has 0 saturated carbocycles. The van der Waals surface area contributed by atoms with Gasteiger partial charge in [-0.3, -0.25) is 14.5 Å². The number of methoxy groups -OCH3 is 1. The molecule has 1 atom stereocenters. The van der Waals surface area contributed by atoms with Crippen molar-refractivity contribution in [1.29, 1.82) is 0 Å². The van der Waals surface area contributed by atoms with Gasteiger partial charge in [-0.15, -0.1) is 11.3 Å². The predicted octanol–water partition coefficient (Wildman–Crippen LogP) is 3.75. The molecule has 0 saturated heterocycles. The van der Waals surface area contributed by atoms with E-state index in [1.54, 1.807) is 48.3 Å². The van der Waals surface area contributed by atoms with E-state index in [1.807, 2.05) is 37.2 Å². The van der Waals surface area contributed by atoms with Gasteiger partial charge in [0.2, 0.25) is 11.3 Å². The Labute approximate surface area is 217 Å². The highest BCUT2D eigenvalue weighted by atomic mass is 35.5. The number of carbonyl (C=O) groups is 1. The van der Waals surface area contributed by atoms with Crippen molar-refractivity contribution in [2.24, 2.45) is 7.05 Å². The Hall–Kier alpha value is -3.24. The molecule has 2 N–H and O–H groups in total. The molecule has 0 radical (unpaired) electrons. The van der Waals surface area contributed by atoms with Gasteiger partial charge in [0.25, 0.3) is 5.91 Å². The van der Waals surface area contributed by atoms with Crippen molar-refractivity contribution in [3.63, 3.8) is 0 Å². The Morgan fingerprint density at radius 1 is 1.28 bits per heavy atom. The lowest BCUT2D eigenvalue weighted by molar-refractivity contribution is 0.0949. The number of amides is 1. The summed E-state index contributed by atoms with van der Waals surface area (Å²) in [7, 11) is 5.26. The highest BCUT2D eigenvalue weighted by molar-refractivity contribution is 7.19. The summed E-state index contributed by atoms with van der Waals surface area (Å²) < 4.78 is 7.38. The summed E-state index contributed by atoms with van der Waals surface area (Å²) in [5.74, 6) is 0.0691. The van der Waals surface area contributed by atoms with E-state index in [0.717, 1.165) is 16.0 Å². The van der Waals surface area contributed by atoms with Crippen LogP contribution in [0.2, 0.25) is 5.02 Å². The van der Waals surface area contributed by atoms with Crippen LogP contribution in [0, 0.1) is 0 Å². The van der Waals surface area contributed by atoms with Crippen molar-refractivity contribution in [2.45, 2.75) is 19.2 Å². The minimum Gasteiger partial charge on any atom is -0.481 e. The predicted molar refractivity (Wildman–Crippen MR) is 142 cm³/mol. The quantitative estimate of drug-likeness (QED) is 0.345. The smallest absolute Gasteiger partial charge is 0.257 e. The van der Waals surface area contributed by atoms with Crippen LogP contribution in [0.4, 0.5) is 0 Å². The number of benzene rings is 1. The van der Waals surface area contributed by atoms with Gasteiger partial charge >= 0.3 is 0 Å². The molecule has 4 rings (SSSR count). The molecule has 0 aliphatic carbocycles. The fourth-order valence-electron chi connectivity index (χ4n) is 3.86. The molecule has 0 fully saturated rings. The molecule has 1 amide bonds. The number of ether oxygens (including phenoxy) is 1. The maximum atomic E-state index is 13.1. The summed E-state index contributed by atoms with van der Waals surface area (Å²) in [5, 5.41) is 14.0. The third-order valence-corrected chi connectivity index (χ3v) is 7.15. The summed E-state index contributed by atoms with van der Waals surface area (Å²) in [6, 6.07) is 12.6. The zero-order valence-corrected chi connectivity index (χ0v) is 21.8. The van der Waals surface area contributed by atoms with E-state index in [9.17, 15) is 14.7 Å². The first-order valence-corrected chi connectivity index (χ1v) is 12.5. The van der Waals surface area contributed by atoms with Crippen molar-refractivity contribution >= 4 is 39.1 Å². The first kappa shape index (κ1) is 25.8. The average molecular weight is 527 g/mol. The van der Waals surface area contributed by atoms with Crippen molar-refractivity contribution in [1.82, 2.24) is 19.8 Å². The molecule has 0 spiro atoms. The lowest BCUT2D eigenvalue weighted by atomic mass is 10.1. The summed E-state index contributed by atoms with van der Waals surface area (Å²) in [4.78, 5) is 33.0. The van der Waals surface area contributed by atoms with E-state index in [2.05, 4.69) is 10.3 Å². The molecular weight excluding hydrogens is 500 g/mol. The van der Waals surface area contributed by atoms with E-state index in [0.29, 0.717) is 40.8 Å². The van der Waals surface area contributed by atoms with Gasteiger partial charge in [-0.05, 0) is 36.9 Å². The molecule has 1 unspecified atom stereocenters. The van der Waals surface area contributed by atoms with Crippen molar-refractivity contribution in [3.05, 3.63) is 91.7 Å². The minimum absolute atomic E-state index is 0.100. The largest absolute Gasteiger partial charge is 0.481 e. The molecule has 4 aromatic rings. The third-order valence-electron chi connectivity index (χ3n) is 5.79. The van der Waals surface area contributed by atoms with Crippen LogP contribution in [0.15, 0.2) is 59.7 Å². The number of aromatic nitrogens is 2. The fraction of sp³-hybridized carbons (Fsp3) is 0.269. The summed E-state index contributed by atoms with van der Waals surface area (Å²) in [5.41, 5.74) is 2.16. The summed E-state index contributed by atoms with van der Waals surface area (Å²) in [6.45, 7) is 1.22. The van der Waals surface area contributed by atoms with Crippen molar-refractivity contribution in [2.75, 3.05) is 20.7 Å². The minimum atomic E-state index is -0.718. The summed E-state index contributed by atoms with van der Waals surface area (Å²) in [6.07, 6.45) is 2.45. The number of aliphatic hydroxyl groups excluding tert-OH is 1. The van der Waals surface area contributed by atoms with Gasteiger partial charge in [0.15, 0.2) is 0 Å². The second-order valence-electron chi connectivity index (χ2n) is 8.57. The zero-order valence-electron chi connectivity index (χ0n) is 20.2. The zero-order chi connectivity index (χ0) is 25.8. The monoisotopic (exact) mass is 526 g/mol. The standard InChI is InChI=1S/C26H27ClN4O4S/c1-30(15-22(32)17-6-9-23(35-3)28-12-17)13-19-10-21-25(36-19)24(33)20(14-31(21)2)26(34)29-11-16-4-7-18(27)8-5-16/h4-10,12,14,22,32H,11,13,15H2,1-3H3,(H,29,34). The number of aliphatic hydroxyl groups is 1. The van der Waals surface area contributed by atoms with Crippen LogP contribution in [0.1, 0.15) is 32.5 Å².